The fourth-order valence-corrected chi connectivity index (χ4v) is 2.17. The van der Waals surface area contributed by atoms with Crippen LogP contribution in [-0.4, -0.2) is 35.8 Å². The van der Waals surface area contributed by atoms with E-state index in [9.17, 15) is 14.8 Å². The van der Waals surface area contributed by atoms with Gasteiger partial charge in [-0.15, -0.1) is 0 Å². The highest BCUT2D eigenvalue weighted by Crippen LogP contribution is 2.11. The molecule has 1 aliphatic rings. The molecular weight excluding hydrogens is 246 g/mol. The molecule has 19 heavy (non-hydrogen) atoms. The Morgan fingerprint density at radius 2 is 1.89 bits per heavy atom. The van der Waals surface area contributed by atoms with Gasteiger partial charge in [0.15, 0.2) is 12.4 Å². The molecule has 2 heterocycles. The first-order valence-electron chi connectivity index (χ1n) is 6.31. The van der Waals surface area contributed by atoms with E-state index < -0.39 is 0 Å². The van der Waals surface area contributed by atoms with Crippen molar-refractivity contribution in [1.82, 2.24) is 10.2 Å². The maximum absolute atomic E-state index is 11.9. The Balaban J connectivity index is 1.87. The average Bonchev–Trinajstić information content (AvgIpc) is 2.40. The van der Waals surface area contributed by atoms with E-state index in [1.54, 1.807) is 11.8 Å². The number of piperidine rings is 1. The highest BCUT2D eigenvalue weighted by molar-refractivity contribution is 5.94. The molecule has 0 unspecified atom stereocenters. The van der Waals surface area contributed by atoms with Crippen LogP contribution in [0.25, 0.3) is 0 Å². The van der Waals surface area contributed by atoms with Crippen LogP contribution in [0, 0.1) is 5.21 Å². The minimum absolute atomic E-state index is 0.0767. The number of pyridine rings is 1. The number of carbonyl (C=O) groups is 2. The molecule has 6 nitrogen and oxygen atoms in total. The Bertz CT molecular complexity index is 465. The molecule has 1 aromatic heterocycles. The molecule has 2 amide bonds. The standard InChI is InChI=1S/C13H17N3O3/c1-10(17)15-6-4-12(5-7-15)14-13(18)11-2-8-16(19)9-3-11/h2-3,8-9,12H,4-7H2,1H3,(H,14,18). The second kappa shape index (κ2) is 5.69. The van der Waals surface area contributed by atoms with E-state index in [0.717, 1.165) is 12.8 Å². The van der Waals surface area contributed by atoms with Crippen molar-refractivity contribution in [3.8, 4) is 0 Å². The van der Waals surface area contributed by atoms with E-state index in [-0.39, 0.29) is 17.9 Å². The molecule has 0 atom stereocenters. The van der Waals surface area contributed by atoms with E-state index in [1.807, 2.05) is 0 Å². The second-order valence-electron chi connectivity index (χ2n) is 4.70. The fourth-order valence-electron chi connectivity index (χ4n) is 2.17. The van der Waals surface area contributed by atoms with Crippen molar-refractivity contribution in [3.63, 3.8) is 0 Å². The lowest BCUT2D eigenvalue weighted by Gasteiger charge is -2.31. The van der Waals surface area contributed by atoms with Crippen molar-refractivity contribution in [1.29, 1.82) is 0 Å². The molecule has 0 bridgehead atoms. The molecule has 1 aliphatic heterocycles. The lowest BCUT2D eigenvalue weighted by atomic mass is 10.0. The van der Waals surface area contributed by atoms with E-state index >= 15 is 0 Å². The maximum Gasteiger partial charge on any atom is 0.251 e. The molecule has 1 fully saturated rings. The second-order valence-corrected chi connectivity index (χ2v) is 4.70. The summed E-state index contributed by atoms with van der Waals surface area (Å²) in [6.07, 6.45) is 4.12. The number of nitrogens with one attached hydrogen (secondary N) is 1. The van der Waals surface area contributed by atoms with Crippen LogP contribution < -0.4 is 10.0 Å². The monoisotopic (exact) mass is 263 g/mol. The van der Waals surface area contributed by atoms with Gasteiger partial charge in [-0.3, -0.25) is 9.59 Å². The van der Waals surface area contributed by atoms with Crippen LogP contribution >= 0.6 is 0 Å². The molecule has 1 N–H and O–H groups in total. The van der Waals surface area contributed by atoms with Crippen molar-refractivity contribution in [2.24, 2.45) is 0 Å². The first-order chi connectivity index (χ1) is 9.06. The third-order valence-corrected chi connectivity index (χ3v) is 3.34. The van der Waals surface area contributed by atoms with Crippen LogP contribution in [0.5, 0.6) is 0 Å². The summed E-state index contributed by atoms with van der Waals surface area (Å²) in [5.41, 5.74) is 0.473. The summed E-state index contributed by atoms with van der Waals surface area (Å²) < 4.78 is 0.641. The van der Waals surface area contributed by atoms with Gasteiger partial charge in [-0.25, -0.2) is 0 Å². The predicted octanol–water partition coefficient (Wildman–Crippen LogP) is 0.0607. The summed E-state index contributed by atoms with van der Waals surface area (Å²) in [7, 11) is 0. The van der Waals surface area contributed by atoms with Gasteiger partial charge in [-0.1, -0.05) is 0 Å². The highest BCUT2D eigenvalue weighted by atomic mass is 16.5. The zero-order valence-electron chi connectivity index (χ0n) is 10.8. The van der Waals surface area contributed by atoms with Gasteiger partial charge in [0.2, 0.25) is 5.91 Å². The van der Waals surface area contributed by atoms with Crippen LogP contribution in [0.15, 0.2) is 24.5 Å². The van der Waals surface area contributed by atoms with Gasteiger partial charge in [0.1, 0.15) is 0 Å². The Morgan fingerprint density at radius 1 is 1.32 bits per heavy atom. The van der Waals surface area contributed by atoms with Crippen LogP contribution in [0.4, 0.5) is 0 Å². The van der Waals surface area contributed by atoms with Gasteiger partial charge in [-0.2, -0.15) is 4.73 Å². The van der Waals surface area contributed by atoms with Crippen LogP contribution in [0.1, 0.15) is 30.1 Å². The molecule has 0 saturated carbocycles. The lowest BCUT2D eigenvalue weighted by molar-refractivity contribution is -0.605. The topological polar surface area (TPSA) is 76.4 Å². The summed E-state index contributed by atoms with van der Waals surface area (Å²) in [6, 6.07) is 3.07. The molecular formula is C13H17N3O3. The van der Waals surface area contributed by atoms with Gasteiger partial charge in [0.25, 0.3) is 5.91 Å². The number of amides is 2. The Labute approximate surface area is 111 Å². The minimum Gasteiger partial charge on any atom is -0.619 e. The number of carbonyl (C=O) groups excluding carboxylic acids is 2. The molecule has 0 aromatic carbocycles. The first kappa shape index (κ1) is 13.3. The van der Waals surface area contributed by atoms with Crippen molar-refractivity contribution in [2.45, 2.75) is 25.8 Å². The van der Waals surface area contributed by atoms with Gasteiger partial charge >= 0.3 is 0 Å². The third-order valence-electron chi connectivity index (χ3n) is 3.34. The molecule has 102 valence electrons. The molecule has 1 saturated heterocycles. The van der Waals surface area contributed by atoms with Gasteiger partial charge in [-0.05, 0) is 12.8 Å². The zero-order chi connectivity index (χ0) is 13.8. The first-order valence-corrected chi connectivity index (χ1v) is 6.31. The maximum atomic E-state index is 11.9. The Morgan fingerprint density at radius 3 is 2.42 bits per heavy atom. The summed E-state index contributed by atoms with van der Waals surface area (Å²) >= 11 is 0. The average molecular weight is 263 g/mol. The summed E-state index contributed by atoms with van der Waals surface area (Å²) in [5, 5.41) is 13.8. The summed E-state index contributed by atoms with van der Waals surface area (Å²) in [6.45, 7) is 2.91. The van der Waals surface area contributed by atoms with Gasteiger partial charge < -0.3 is 15.4 Å². The normalized spacial score (nSPS) is 16.2. The van der Waals surface area contributed by atoms with E-state index in [1.165, 1.54) is 24.5 Å². The van der Waals surface area contributed by atoms with E-state index in [2.05, 4.69) is 5.32 Å². The molecule has 0 spiro atoms. The molecule has 0 aliphatic carbocycles. The molecule has 0 radical (unpaired) electrons. The molecule has 1 aromatic rings. The van der Waals surface area contributed by atoms with Crippen molar-refractivity contribution in [2.75, 3.05) is 13.1 Å². The zero-order valence-corrected chi connectivity index (χ0v) is 10.8. The number of aromatic nitrogens is 1. The van der Waals surface area contributed by atoms with E-state index in [4.69, 9.17) is 0 Å². The van der Waals surface area contributed by atoms with Crippen LogP contribution in [-0.2, 0) is 4.79 Å². The molecule has 6 heteroatoms. The number of rotatable bonds is 2. The van der Waals surface area contributed by atoms with Crippen molar-refractivity contribution in [3.05, 3.63) is 35.3 Å². The molecule has 2 rings (SSSR count). The van der Waals surface area contributed by atoms with Crippen LogP contribution in [0.2, 0.25) is 0 Å². The van der Waals surface area contributed by atoms with Gasteiger partial charge in [0, 0.05) is 38.2 Å². The highest BCUT2D eigenvalue weighted by Gasteiger charge is 2.22. The predicted molar refractivity (Wildman–Crippen MR) is 68.1 cm³/mol. The number of hydrogen-bond donors (Lipinski definition) is 1. The van der Waals surface area contributed by atoms with Crippen LogP contribution in [0.3, 0.4) is 0 Å². The Kier molecular flexibility index (Phi) is 3.99. The number of likely N-dealkylation sites (tertiary alicyclic amines) is 1. The van der Waals surface area contributed by atoms with E-state index in [0.29, 0.717) is 23.4 Å². The smallest absolute Gasteiger partial charge is 0.251 e. The summed E-state index contributed by atoms with van der Waals surface area (Å²) in [4.78, 5) is 24.9. The number of hydrogen-bond acceptors (Lipinski definition) is 3. The lowest BCUT2D eigenvalue weighted by Crippen LogP contribution is -2.46. The van der Waals surface area contributed by atoms with Crippen molar-refractivity contribution < 1.29 is 14.3 Å². The third kappa shape index (κ3) is 3.43. The minimum atomic E-state index is -0.179. The van der Waals surface area contributed by atoms with Gasteiger partial charge in [0.05, 0.1) is 5.56 Å². The SMILES string of the molecule is CC(=O)N1CCC(NC(=O)c2cc[n+]([O-])cc2)CC1. The fraction of sp³-hybridized carbons (Fsp3) is 0.462. The number of nitrogens with zero attached hydrogens (tertiary/aromatic N) is 2. The Hall–Kier alpha value is -2.11. The van der Waals surface area contributed by atoms with Crippen molar-refractivity contribution >= 4 is 11.8 Å². The largest absolute Gasteiger partial charge is 0.619 e. The summed E-state index contributed by atoms with van der Waals surface area (Å²) in [5.74, 6) is -0.102. The quantitative estimate of drug-likeness (QED) is 0.605.